The molecule has 0 radical (unpaired) electrons. The molecule has 0 saturated heterocycles. The first-order valence-electron chi connectivity index (χ1n) is 5.95. The van der Waals surface area contributed by atoms with Gasteiger partial charge >= 0.3 is 0 Å². The highest BCUT2D eigenvalue weighted by atomic mass is 32.2. The summed E-state index contributed by atoms with van der Waals surface area (Å²) >= 11 is 0. The van der Waals surface area contributed by atoms with E-state index in [1.54, 1.807) is 38.2 Å². The van der Waals surface area contributed by atoms with Gasteiger partial charge in [-0.1, -0.05) is 0 Å². The van der Waals surface area contributed by atoms with Gasteiger partial charge in [-0.3, -0.25) is 14.9 Å². The van der Waals surface area contributed by atoms with E-state index in [0.29, 0.717) is 17.1 Å². The van der Waals surface area contributed by atoms with Gasteiger partial charge in [0.2, 0.25) is 0 Å². The third-order valence-electron chi connectivity index (χ3n) is 3.02. The summed E-state index contributed by atoms with van der Waals surface area (Å²) < 4.78 is 27.3. The summed E-state index contributed by atoms with van der Waals surface area (Å²) in [5, 5.41) is 14.1. The highest BCUT2D eigenvalue weighted by Crippen LogP contribution is 2.23. The molecule has 0 amide bonds. The second kappa shape index (κ2) is 4.34. The topological polar surface area (TPSA) is 104 Å². The maximum absolute atomic E-state index is 12.4. The van der Waals surface area contributed by atoms with Crippen LogP contribution in [0.1, 0.15) is 11.4 Å². The molecular formula is C12H13N5O2S. The third-order valence-corrected chi connectivity index (χ3v) is 4.67. The summed E-state index contributed by atoms with van der Waals surface area (Å²) in [6, 6.07) is 5.18. The van der Waals surface area contributed by atoms with Gasteiger partial charge in [0.05, 0.1) is 23.1 Å². The molecular weight excluding hydrogens is 278 g/mol. The van der Waals surface area contributed by atoms with Crippen LogP contribution in [-0.4, -0.2) is 28.8 Å². The predicted molar refractivity (Wildman–Crippen MR) is 75.0 cm³/mol. The smallest absolute Gasteiger partial charge is 0.265 e. The summed E-state index contributed by atoms with van der Waals surface area (Å²) in [6.07, 6.45) is 1.64. The number of H-pyrrole nitrogens is 2. The van der Waals surface area contributed by atoms with Gasteiger partial charge in [0.25, 0.3) is 10.0 Å². The van der Waals surface area contributed by atoms with E-state index in [-0.39, 0.29) is 4.90 Å². The second-order valence-electron chi connectivity index (χ2n) is 4.54. The monoisotopic (exact) mass is 291 g/mol. The number of anilines is 1. The van der Waals surface area contributed by atoms with Crippen LogP contribution in [0, 0.1) is 13.8 Å². The number of benzene rings is 1. The Morgan fingerprint density at radius 3 is 2.70 bits per heavy atom. The highest BCUT2D eigenvalue weighted by Gasteiger charge is 2.22. The molecule has 0 aliphatic carbocycles. The van der Waals surface area contributed by atoms with Crippen molar-refractivity contribution in [2.75, 3.05) is 4.72 Å². The van der Waals surface area contributed by atoms with Crippen molar-refractivity contribution >= 4 is 26.6 Å². The lowest BCUT2D eigenvalue weighted by atomic mass is 10.2. The molecule has 3 N–H and O–H groups in total. The van der Waals surface area contributed by atoms with E-state index < -0.39 is 10.0 Å². The second-order valence-corrected chi connectivity index (χ2v) is 6.16. The number of nitrogens with zero attached hydrogens (tertiary/aromatic N) is 2. The average molecular weight is 291 g/mol. The minimum Gasteiger partial charge on any atom is -0.281 e. The third kappa shape index (κ3) is 2.03. The van der Waals surface area contributed by atoms with Gasteiger partial charge in [-0.25, -0.2) is 8.42 Å². The summed E-state index contributed by atoms with van der Waals surface area (Å²) in [5.74, 6) is 0. The van der Waals surface area contributed by atoms with Gasteiger partial charge in [-0.15, -0.1) is 0 Å². The molecule has 0 saturated carbocycles. The number of aromatic nitrogens is 4. The van der Waals surface area contributed by atoms with Crippen LogP contribution >= 0.6 is 0 Å². The summed E-state index contributed by atoms with van der Waals surface area (Å²) in [4.78, 5) is 0.185. The number of sulfonamides is 1. The van der Waals surface area contributed by atoms with Crippen LogP contribution in [0.4, 0.5) is 5.69 Å². The fourth-order valence-electron chi connectivity index (χ4n) is 2.15. The lowest BCUT2D eigenvalue weighted by Crippen LogP contribution is -2.14. The van der Waals surface area contributed by atoms with Gasteiger partial charge < -0.3 is 0 Å². The molecule has 104 valence electrons. The van der Waals surface area contributed by atoms with Crippen LogP contribution in [0.15, 0.2) is 29.3 Å². The molecule has 0 aliphatic heterocycles. The zero-order valence-electron chi connectivity index (χ0n) is 10.9. The summed E-state index contributed by atoms with van der Waals surface area (Å²) in [5.41, 5.74) is 2.29. The molecule has 2 aromatic heterocycles. The molecule has 3 aromatic rings. The van der Waals surface area contributed by atoms with Crippen molar-refractivity contribution in [1.29, 1.82) is 0 Å². The van der Waals surface area contributed by atoms with Crippen LogP contribution in [0.2, 0.25) is 0 Å². The summed E-state index contributed by atoms with van der Waals surface area (Å²) in [7, 11) is -3.66. The molecule has 8 heteroatoms. The molecule has 0 unspecified atom stereocenters. The van der Waals surface area contributed by atoms with Crippen molar-refractivity contribution in [3.8, 4) is 0 Å². The molecule has 1 aromatic carbocycles. The number of aryl methyl sites for hydroxylation is 2. The fraction of sp³-hybridized carbons (Fsp3) is 0.167. The van der Waals surface area contributed by atoms with Crippen LogP contribution < -0.4 is 4.72 Å². The molecule has 7 nitrogen and oxygen atoms in total. The Labute approximate surface area is 115 Å². The van der Waals surface area contributed by atoms with E-state index in [0.717, 1.165) is 10.9 Å². The number of fused-ring (bicyclic) bond motifs is 1. The van der Waals surface area contributed by atoms with Gasteiger partial charge in [0.1, 0.15) is 4.90 Å². The average Bonchev–Trinajstić information content (AvgIpc) is 2.95. The Hall–Kier alpha value is -2.35. The lowest BCUT2D eigenvalue weighted by Gasteiger charge is -2.08. The van der Waals surface area contributed by atoms with Crippen LogP contribution in [0.3, 0.4) is 0 Å². The molecule has 0 fully saturated rings. The Bertz CT molecular complexity index is 859. The van der Waals surface area contributed by atoms with E-state index >= 15 is 0 Å². The maximum Gasteiger partial charge on any atom is 0.265 e. The number of hydrogen-bond donors (Lipinski definition) is 3. The zero-order valence-corrected chi connectivity index (χ0v) is 11.7. The van der Waals surface area contributed by atoms with Gasteiger partial charge in [0.15, 0.2) is 0 Å². The van der Waals surface area contributed by atoms with Crippen molar-refractivity contribution in [3.63, 3.8) is 0 Å². The standard InChI is InChI=1S/C12H13N5O2S/c1-7-12(8(2)15-14-7)20(18,19)17-10-3-4-11-9(5-10)6-13-16-11/h3-6,17H,1-2H3,(H,13,16)(H,14,15). The lowest BCUT2D eigenvalue weighted by molar-refractivity contribution is 0.600. The first-order valence-corrected chi connectivity index (χ1v) is 7.43. The van der Waals surface area contributed by atoms with Crippen LogP contribution in [0.5, 0.6) is 0 Å². The largest absolute Gasteiger partial charge is 0.281 e. The van der Waals surface area contributed by atoms with Gasteiger partial charge in [-0.2, -0.15) is 10.2 Å². The van der Waals surface area contributed by atoms with E-state index in [2.05, 4.69) is 25.1 Å². The number of aromatic amines is 2. The van der Waals surface area contributed by atoms with Crippen molar-refractivity contribution in [2.45, 2.75) is 18.7 Å². The van der Waals surface area contributed by atoms with Crippen LogP contribution in [-0.2, 0) is 10.0 Å². The Morgan fingerprint density at radius 1 is 1.20 bits per heavy atom. The molecule has 20 heavy (non-hydrogen) atoms. The maximum atomic E-state index is 12.4. The van der Waals surface area contributed by atoms with Crippen LogP contribution in [0.25, 0.3) is 10.9 Å². The molecule has 0 bridgehead atoms. The molecule has 0 spiro atoms. The zero-order chi connectivity index (χ0) is 14.3. The number of nitrogens with one attached hydrogen (secondary N) is 3. The minimum atomic E-state index is -3.66. The minimum absolute atomic E-state index is 0.185. The van der Waals surface area contributed by atoms with Gasteiger partial charge in [-0.05, 0) is 32.0 Å². The van der Waals surface area contributed by atoms with E-state index in [4.69, 9.17) is 0 Å². The quantitative estimate of drug-likeness (QED) is 0.683. The molecule has 3 rings (SSSR count). The number of hydrogen-bond acceptors (Lipinski definition) is 4. The van der Waals surface area contributed by atoms with E-state index in [1.807, 2.05) is 0 Å². The Balaban J connectivity index is 2.01. The molecule has 2 heterocycles. The summed E-state index contributed by atoms with van der Waals surface area (Å²) in [6.45, 7) is 3.32. The van der Waals surface area contributed by atoms with Crippen molar-refractivity contribution in [1.82, 2.24) is 20.4 Å². The highest BCUT2D eigenvalue weighted by molar-refractivity contribution is 7.92. The first-order chi connectivity index (χ1) is 9.47. The first kappa shape index (κ1) is 12.7. The van der Waals surface area contributed by atoms with Crippen molar-refractivity contribution in [3.05, 3.63) is 35.8 Å². The van der Waals surface area contributed by atoms with E-state index in [1.165, 1.54) is 0 Å². The van der Waals surface area contributed by atoms with E-state index in [9.17, 15) is 8.42 Å². The van der Waals surface area contributed by atoms with Gasteiger partial charge in [0, 0.05) is 11.1 Å². The predicted octanol–water partition coefficient (Wildman–Crippen LogP) is 1.70. The Kier molecular flexibility index (Phi) is 2.75. The molecule has 0 aliphatic rings. The number of rotatable bonds is 3. The Morgan fingerprint density at radius 2 is 2.00 bits per heavy atom. The van der Waals surface area contributed by atoms with Crippen molar-refractivity contribution < 1.29 is 8.42 Å². The molecule has 0 atom stereocenters. The fourth-order valence-corrected chi connectivity index (χ4v) is 3.57. The normalized spacial score (nSPS) is 11.9. The SMILES string of the molecule is Cc1n[nH]c(C)c1S(=O)(=O)Nc1ccc2[nH]ncc2c1. The van der Waals surface area contributed by atoms with Crippen molar-refractivity contribution in [2.24, 2.45) is 0 Å².